The Hall–Kier alpha value is -0.180. The summed E-state index contributed by atoms with van der Waals surface area (Å²) in [4.78, 5) is 12.9. The molecule has 0 rings (SSSR count). The number of thiol groups is 1. The third-order valence-corrected chi connectivity index (χ3v) is 2.58. The molecule has 0 fully saturated rings. The minimum Gasteiger partial charge on any atom is -0.342 e. The third-order valence-electron chi connectivity index (χ3n) is 2.12. The Kier molecular flexibility index (Phi) is 4.68. The largest absolute Gasteiger partial charge is 0.342 e. The summed E-state index contributed by atoms with van der Waals surface area (Å²) < 4.78 is -0.0539. The Labute approximate surface area is 80.7 Å². The zero-order valence-corrected chi connectivity index (χ0v) is 9.32. The monoisotopic (exact) mass is 189 g/mol. The van der Waals surface area contributed by atoms with E-state index in [0.29, 0.717) is 0 Å². The summed E-state index contributed by atoms with van der Waals surface area (Å²) in [6.07, 6.45) is 0.972. The van der Waals surface area contributed by atoms with Gasteiger partial charge in [-0.05, 0) is 20.3 Å². The number of rotatable bonds is 4. The molecule has 0 spiro atoms. The summed E-state index contributed by atoms with van der Waals surface area (Å²) in [5.41, 5.74) is 0. The summed E-state index contributed by atoms with van der Waals surface area (Å²) in [6, 6.07) is 0. The van der Waals surface area contributed by atoms with Crippen LogP contribution in [0.25, 0.3) is 0 Å². The molecule has 72 valence electrons. The van der Waals surface area contributed by atoms with E-state index in [2.05, 4.69) is 26.5 Å². The van der Waals surface area contributed by atoms with Crippen molar-refractivity contribution in [3.05, 3.63) is 0 Å². The van der Waals surface area contributed by atoms with Gasteiger partial charge in [0.2, 0.25) is 5.91 Å². The van der Waals surface area contributed by atoms with Crippen LogP contribution in [0.15, 0.2) is 0 Å². The number of hydrogen-bond donors (Lipinski definition) is 1. The lowest BCUT2D eigenvalue weighted by atomic mass is 10.1. The molecule has 0 aliphatic heterocycles. The van der Waals surface area contributed by atoms with E-state index < -0.39 is 0 Å². The Morgan fingerprint density at radius 1 is 1.50 bits per heavy atom. The van der Waals surface area contributed by atoms with Gasteiger partial charge in [0.25, 0.3) is 0 Å². The molecule has 1 amide bonds. The van der Waals surface area contributed by atoms with Gasteiger partial charge in [0, 0.05) is 24.8 Å². The number of nitrogens with zero attached hydrogens (tertiary/aromatic N) is 1. The number of carbonyl (C=O) groups excluding carboxylic acids is 1. The molecule has 0 aliphatic rings. The van der Waals surface area contributed by atoms with Crippen molar-refractivity contribution in [3.8, 4) is 0 Å². The van der Waals surface area contributed by atoms with Crippen molar-refractivity contribution in [3.63, 3.8) is 0 Å². The maximum Gasteiger partial charge on any atom is 0.219 e. The Morgan fingerprint density at radius 3 is 2.25 bits per heavy atom. The normalized spacial score (nSPS) is 15.4. The lowest BCUT2D eigenvalue weighted by Crippen LogP contribution is -2.39. The standard InChI is InChI=1S/C9H19NOS/c1-5-9(4,12)7-10(6-2)8(3)11/h12H,5-7H2,1-4H3. The Bertz CT molecular complexity index is 157. The lowest BCUT2D eigenvalue weighted by Gasteiger charge is -2.29. The molecule has 0 saturated heterocycles. The maximum atomic E-state index is 11.1. The van der Waals surface area contributed by atoms with Gasteiger partial charge < -0.3 is 4.90 Å². The average Bonchev–Trinajstić information content (AvgIpc) is 2.00. The van der Waals surface area contributed by atoms with Crippen molar-refractivity contribution >= 4 is 18.5 Å². The summed E-state index contributed by atoms with van der Waals surface area (Å²) in [5, 5.41) is 0. The van der Waals surface area contributed by atoms with Crippen LogP contribution >= 0.6 is 12.6 Å². The predicted molar refractivity (Wildman–Crippen MR) is 55.6 cm³/mol. The highest BCUT2D eigenvalue weighted by Gasteiger charge is 2.21. The predicted octanol–water partition coefficient (Wildman–Crippen LogP) is 1.95. The second-order valence-corrected chi connectivity index (χ2v) is 4.46. The molecule has 3 heteroatoms. The van der Waals surface area contributed by atoms with E-state index in [9.17, 15) is 4.79 Å². The fourth-order valence-electron chi connectivity index (χ4n) is 0.969. The first-order valence-electron chi connectivity index (χ1n) is 4.41. The van der Waals surface area contributed by atoms with Crippen LogP contribution in [0.2, 0.25) is 0 Å². The van der Waals surface area contributed by atoms with Gasteiger partial charge in [-0.25, -0.2) is 0 Å². The first kappa shape index (κ1) is 11.8. The van der Waals surface area contributed by atoms with E-state index in [0.717, 1.165) is 19.5 Å². The molecule has 12 heavy (non-hydrogen) atoms. The number of carbonyl (C=O) groups is 1. The average molecular weight is 189 g/mol. The van der Waals surface area contributed by atoms with E-state index in [-0.39, 0.29) is 10.7 Å². The van der Waals surface area contributed by atoms with Crippen LogP contribution < -0.4 is 0 Å². The second-order valence-electron chi connectivity index (χ2n) is 3.38. The minimum atomic E-state index is -0.0539. The zero-order valence-electron chi connectivity index (χ0n) is 8.42. The molecule has 0 aromatic carbocycles. The molecule has 2 nitrogen and oxygen atoms in total. The highest BCUT2D eigenvalue weighted by Crippen LogP contribution is 2.19. The molecule has 1 unspecified atom stereocenters. The maximum absolute atomic E-state index is 11.1. The molecule has 0 saturated carbocycles. The molecule has 0 aromatic rings. The summed E-state index contributed by atoms with van der Waals surface area (Å²) >= 11 is 4.48. The Morgan fingerprint density at radius 2 is 2.00 bits per heavy atom. The molecular weight excluding hydrogens is 170 g/mol. The van der Waals surface area contributed by atoms with Crippen molar-refractivity contribution < 1.29 is 4.79 Å². The highest BCUT2D eigenvalue weighted by atomic mass is 32.1. The van der Waals surface area contributed by atoms with E-state index in [1.165, 1.54) is 0 Å². The van der Waals surface area contributed by atoms with Gasteiger partial charge in [-0.3, -0.25) is 4.79 Å². The van der Waals surface area contributed by atoms with Gasteiger partial charge in [0.05, 0.1) is 0 Å². The van der Waals surface area contributed by atoms with Crippen molar-refractivity contribution in [1.82, 2.24) is 4.90 Å². The van der Waals surface area contributed by atoms with Crippen LogP contribution in [0.3, 0.4) is 0 Å². The summed E-state index contributed by atoms with van der Waals surface area (Å²) in [6.45, 7) is 9.23. The molecule has 0 N–H and O–H groups in total. The summed E-state index contributed by atoms with van der Waals surface area (Å²) in [5.74, 6) is 0.131. The van der Waals surface area contributed by atoms with Crippen molar-refractivity contribution in [2.24, 2.45) is 0 Å². The van der Waals surface area contributed by atoms with Gasteiger partial charge in [0.1, 0.15) is 0 Å². The van der Waals surface area contributed by atoms with Crippen LogP contribution in [-0.4, -0.2) is 28.6 Å². The minimum absolute atomic E-state index is 0.0539. The van der Waals surface area contributed by atoms with Crippen LogP contribution in [0.1, 0.15) is 34.1 Å². The molecule has 0 radical (unpaired) electrons. The highest BCUT2D eigenvalue weighted by molar-refractivity contribution is 7.81. The molecular formula is C9H19NOS. The van der Waals surface area contributed by atoms with Crippen molar-refractivity contribution in [1.29, 1.82) is 0 Å². The van der Waals surface area contributed by atoms with Gasteiger partial charge in [-0.15, -0.1) is 0 Å². The van der Waals surface area contributed by atoms with Crippen LogP contribution in [0, 0.1) is 0 Å². The van der Waals surface area contributed by atoms with E-state index in [1.807, 2.05) is 11.8 Å². The third kappa shape index (κ3) is 4.00. The topological polar surface area (TPSA) is 20.3 Å². The fourth-order valence-corrected chi connectivity index (χ4v) is 1.14. The van der Waals surface area contributed by atoms with Crippen LogP contribution in [0.4, 0.5) is 0 Å². The number of amides is 1. The quantitative estimate of drug-likeness (QED) is 0.670. The molecule has 0 aliphatic carbocycles. The number of hydrogen-bond acceptors (Lipinski definition) is 2. The van der Waals surface area contributed by atoms with Crippen molar-refractivity contribution in [2.45, 2.75) is 38.9 Å². The van der Waals surface area contributed by atoms with E-state index in [4.69, 9.17) is 0 Å². The van der Waals surface area contributed by atoms with Gasteiger partial charge in [-0.2, -0.15) is 12.6 Å². The van der Waals surface area contributed by atoms with Gasteiger partial charge in [0.15, 0.2) is 0 Å². The van der Waals surface area contributed by atoms with Crippen LogP contribution in [0.5, 0.6) is 0 Å². The molecule has 0 bridgehead atoms. The first-order valence-corrected chi connectivity index (χ1v) is 4.85. The second kappa shape index (κ2) is 4.75. The fraction of sp³-hybridized carbons (Fsp3) is 0.889. The first-order chi connectivity index (χ1) is 5.43. The van der Waals surface area contributed by atoms with Crippen molar-refractivity contribution in [2.75, 3.05) is 13.1 Å². The lowest BCUT2D eigenvalue weighted by molar-refractivity contribution is -0.129. The molecule has 0 aromatic heterocycles. The summed E-state index contributed by atoms with van der Waals surface area (Å²) in [7, 11) is 0. The van der Waals surface area contributed by atoms with Crippen LogP contribution in [-0.2, 0) is 4.79 Å². The van der Waals surface area contributed by atoms with Gasteiger partial charge >= 0.3 is 0 Å². The SMILES string of the molecule is CCN(CC(C)(S)CC)C(C)=O. The van der Waals surface area contributed by atoms with E-state index >= 15 is 0 Å². The zero-order chi connectivity index (χ0) is 9.78. The smallest absolute Gasteiger partial charge is 0.219 e. The molecule has 0 heterocycles. The van der Waals surface area contributed by atoms with E-state index in [1.54, 1.807) is 6.92 Å². The molecule has 1 atom stereocenters. The van der Waals surface area contributed by atoms with Gasteiger partial charge in [-0.1, -0.05) is 6.92 Å². The Balaban J connectivity index is 4.11.